The molecular formula is C12H18N2O3. The fourth-order valence-electron chi connectivity index (χ4n) is 1.43. The maximum atomic E-state index is 12.0. The molecule has 0 saturated carbocycles. The molecule has 3 N–H and O–H groups in total. The highest BCUT2D eigenvalue weighted by Crippen LogP contribution is 2.21. The van der Waals surface area contributed by atoms with Crippen LogP contribution in [0.25, 0.3) is 0 Å². The number of carbonyl (C=O) groups excluding carboxylic acids is 1. The number of phenols is 1. The standard InChI is InChI=1S/C12H18N2O3/c1-8(7-17-3)14(2)12(16)9-4-5-10(13)11(15)6-9/h4-6,8,15H,7,13H2,1-3H3. The molecule has 1 rings (SSSR count). The zero-order valence-electron chi connectivity index (χ0n) is 10.3. The van der Waals surface area contributed by atoms with Crippen molar-refractivity contribution in [3.63, 3.8) is 0 Å². The van der Waals surface area contributed by atoms with Crippen molar-refractivity contribution >= 4 is 11.6 Å². The van der Waals surface area contributed by atoms with Crippen LogP contribution in [0.1, 0.15) is 17.3 Å². The van der Waals surface area contributed by atoms with Gasteiger partial charge in [0.15, 0.2) is 0 Å². The lowest BCUT2D eigenvalue weighted by molar-refractivity contribution is 0.0633. The second-order valence-corrected chi connectivity index (χ2v) is 3.99. The topological polar surface area (TPSA) is 75.8 Å². The summed E-state index contributed by atoms with van der Waals surface area (Å²) in [5.41, 5.74) is 6.14. The van der Waals surface area contributed by atoms with Crippen molar-refractivity contribution in [2.45, 2.75) is 13.0 Å². The van der Waals surface area contributed by atoms with E-state index in [4.69, 9.17) is 10.5 Å². The molecule has 0 fully saturated rings. The summed E-state index contributed by atoms with van der Waals surface area (Å²) in [6, 6.07) is 4.44. The van der Waals surface area contributed by atoms with Gasteiger partial charge >= 0.3 is 0 Å². The third-order valence-electron chi connectivity index (χ3n) is 2.67. The Morgan fingerprint density at radius 3 is 2.76 bits per heavy atom. The van der Waals surface area contributed by atoms with Gasteiger partial charge < -0.3 is 20.5 Å². The first-order valence-electron chi connectivity index (χ1n) is 5.32. The van der Waals surface area contributed by atoms with Crippen LogP contribution in [0.15, 0.2) is 18.2 Å². The molecule has 0 bridgehead atoms. The van der Waals surface area contributed by atoms with Gasteiger partial charge in [0.2, 0.25) is 0 Å². The smallest absolute Gasteiger partial charge is 0.254 e. The lowest BCUT2D eigenvalue weighted by Gasteiger charge is -2.24. The van der Waals surface area contributed by atoms with Gasteiger partial charge in [-0.05, 0) is 25.1 Å². The summed E-state index contributed by atoms with van der Waals surface area (Å²) < 4.78 is 4.99. The molecule has 17 heavy (non-hydrogen) atoms. The molecular weight excluding hydrogens is 220 g/mol. The van der Waals surface area contributed by atoms with E-state index in [-0.39, 0.29) is 23.4 Å². The molecule has 0 heterocycles. The second kappa shape index (κ2) is 5.54. The molecule has 0 radical (unpaired) electrons. The first-order chi connectivity index (χ1) is 7.97. The largest absolute Gasteiger partial charge is 0.506 e. The van der Waals surface area contributed by atoms with E-state index in [1.165, 1.54) is 12.1 Å². The number of hydrogen-bond donors (Lipinski definition) is 2. The van der Waals surface area contributed by atoms with Gasteiger partial charge in [0.1, 0.15) is 5.75 Å². The molecule has 0 aliphatic rings. The van der Waals surface area contributed by atoms with Crippen molar-refractivity contribution in [3.05, 3.63) is 23.8 Å². The van der Waals surface area contributed by atoms with Crippen molar-refractivity contribution in [1.82, 2.24) is 4.90 Å². The number of hydrogen-bond acceptors (Lipinski definition) is 4. The Morgan fingerprint density at radius 2 is 2.24 bits per heavy atom. The summed E-state index contributed by atoms with van der Waals surface area (Å²) >= 11 is 0. The SMILES string of the molecule is COCC(C)N(C)C(=O)c1ccc(N)c(O)c1. The van der Waals surface area contributed by atoms with Crippen molar-refractivity contribution in [1.29, 1.82) is 0 Å². The highest BCUT2D eigenvalue weighted by molar-refractivity contribution is 5.95. The van der Waals surface area contributed by atoms with E-state index < -0.39 is 0 Å². The van der Waals surface area contributed by atoms with E-state index in [0.29, 0.717) is 12.2 Å². The molecule has 5 nitrogen and oxygen atoms in total. The summed E-state index contributed by atoms with van der Waals surface area (Å²) in [7, 11) is 3.28. The van der Waals surface area contributed by atoms with Crippen LogP contribution in [-0.4, -0.2) is 42.7 Å². The van der Waals surface area contributed by atoms with E-state index in [9.17, 15) is 9.90 Å². The monoisotopic (exact) mass is 238 g/mol. The number of likely N-dealkylation sites (N-methyl/N-ethyl adjacent to an activating group) is 1. The zero-order chi connectivity index (χ0) is 13.0. The van der Waals surface area contributed by atoms with Gasteiger partial charge in [-0.25, -0.2) is 0 Å². The second-order valence-electron chi connectivity index (χ2n) is 3.99. The van der Waals surface area contributed by atoms with Crippen molar-refractivity contribution < 1.29 is 14.6 Å². The lowest BCUT2D eigenvalue weighted by Crippen LogP contribution is -2.37. The number of aromatic hydroxyl groups is 1. The van der Waals surface area contributed by atoms with E-state index in [1.54, 1.807) is 25.1 Å². The first kappa shape index (κ1) is 13.3. The van der Waals surface area contributed by atoms with Crippen LogP contribution in [0.3, 0.4) is 0 Å². The third kappa shape index (κ3) is 3.10. The van der Waals surface area contributed by atoms with Gasteiger partial charge in [-0.1, -0.05) is 0 Å². The summed E-state index contributed by atoms with van der Waals surface area (Å²) in [4.78, 5) is 13.6. The van der Waals surface area contributed by atoms with Crippen LogP contribution in [0.5, 0.6) is 5.75 Å². The molecule has 5 heteroatoms. The van der Waals surface area contributed by atoms with Crippen LogP contribution in [0, 0.1) is 0 Å². The number of benzene rings is 1. The number of nitrogen functional groups attached to an aromatic ring is 1. The summed E-state index contributed by atoms with van der Waals surface area (Å²) in [5.74, 6) is -0.256. The summed E-state index contributed by atoms with van der Waals surface area (Å²) in [6.07, 6.45) is 0. The third-order valence-corrected chi connectivity index (χ3v) is 2.67. The number of carbonyl (C=O) groups is 1. The Labute approximate surface area is 101 Å². The number of rotatable bonds is 4. The average molecular weight is 238 g/mol. The van der Waals surface area contributed by atoms with E-state index in [1.807, 2.05) is 6.92 Å². The molecule has 1 unspecified atom stereocenters. The Bertz CT molecular complexity index is 407. The lowest BCUT2D eigenvalue weighted by atomic mass is 10.1. The van der Waals surface area contributed by atoms with Gasteiger partial charge in [0.05, 0.1) is 18.3 Å². The molecule has 0 aliphatic heterocycles. The number of nitrogens with two attached hydrogens (primary N) is 1. The maximum Gasteiger partial charge on any atom is 0.254 e. The predicted molar refractivity (Wildman–Crippen MR) is 66.0 cm³/mol. The molecule has 0 spiro atoms. The first-order valence-corrected chi connectivity index (χ1v) is 5.32. The molecule has 0 aliphatic carbocycles. The maximum absolute atomic E-state index is 12.0. The molecule has 94 valence electrons. The average Bonchev–Trinajstić information content (AvgIpc) is 2.31. The quantitative estimate of drug-likeness (QED) is 0.608. The Kier molecular flexibility index (Phi) is 4.34. The number of amides is 1. The van der Waals surface area contributed by atoms with Crippen LogP contribution in [0.2, 0.25) is 0 Å². The van der Waals surface area contributed by atoms with Crippen LogP contribution in [-0.2, 0) is 4.74 Å². The van der Waals surface area contributed by atoms with Crippen molar-refractivity contribution in [2.24, 2.45) is 0 Å². The Hall–Kier alpha value is -1.75. The number of phenolic OH excluding ortho intramolecular Hbond substituents is 1. The number of methoxy groups -OCH3 is 1. The predicted octanol–water partition coefficient (Wildman–Crippen LogP) is 1.08. The molecule has 1 aromatic rings. The van der Waals surface area contributed by atoms with Gasteiger partial charge in [-0.3, -0.25) is 4.79 Å². The van der Waals surface area contributed by atoms with Crippen molar-refractivity contribution in [2.75, 3.05) is 26.5 Å². The summed E-state index contributed by atoms with van der Waals surface area (Å²) in [6.45, 7) is 2.35. The van der Waals surface area contributed by atoms with Gasteiger partial charge in [-0.2, -0.15) is 0 Å². The Morgan fingerprint density at radius 1 is 1.59 bits per heavy atom. The fraction of sp³-hybridized carbons (Fsp3) is 0.417. The molecule has 1 atom stereocenters. The molecule has 0 aromatic heterocycles. The van der Waals surface area contributed by atoms with Gasteiger partial charge in [0, 0.05) is 19.7 Å². The molecule has 0 saturated heterocycles. The van der Waals surface area contributed by atoms with Gasteiger partial charge in [0.25, 0.3) is 5.91 Å². The van der Waals surface area contributed by atoms with E-state index in [2.05, 4.69) is 0 Å². The van der Waals surface area contributed by atoms with Crippen molar-refractivity contribution in [3.8, 4) is 5.75 Å². The number of ether oxygens (including phenoxy) is 1. The minimum absolute atomic E-state index is 0.0350. The van der Waals surface area contributed by atoms with Gasteiger partial charge in [-0.15, -0.1) is 0 Å². The van der Waals surface area contributed by atoms with Crippen LogP contribution >= 0.6 is 0 Å². The zero-order valence-corrected chi connectivity index (χ0v) is 10.3. The van der Waals surface area contributed by atoms with Crippen LogP contribution in [0.4, 0.5) is 5.69 Å². The normalized spacial score (nSPS) is 12.2. The number of nitrogens with zero attached hydrogens (tertiary/aromatic N) is 1. The molecule has 1 aromatic carbocycles. The minimum atomic E-state index is -0.176. The van der Waals surface area contributed by atoms with E-state index >= 15 is 0 Å². The highest BCUT2D eigenvalue weighted by atomic mass is 16.5. The fourth-order valence-corrected chi connectivity index (χ4v) is 1.43. The summed E-state index contributed by atoms with van der Waals surface area (Å²) in [5, 5.41) is 9.45. The highest BCUT2D eigenvalue weighted by Gasteiger charge is 2.18. The molecule has 1 amide bonds. The Balaban J connectivity index is 2.85. The number of anilines is 1. The van der Waals surface area contributed by atoms with E-state index in [0.717, 1.165) is 0 Å². The minimum Gasteiger partial charge on any atom is -0.506 e. The van der Waals surface area contributed by atoms with Crippen LogP contribution < -0.4 is 5.73 Å².